The van der Waals surface area contributed by atoms with E-state index in [4.69, 9.17) is 36.8 Å². The first-order valence-corrected chi connectivity index (χ1v) is 25.1. The second-order valence-electron chi connectivity index (χ2n) is 18.1. The van der Waals surface area contributed by atoms with Crippen molar-refractivity contribution in [2.75, 3.05) is 45.8 Å². The molecule has 4 N–H and O–H groups in total. The van der Waals surface area contributed by atoms with Crippen LogP contribution >= 0.6 is 23.2 Å². The van der Waals surface area contributed by atoms with Crippen molar-refractivity contribution < 1.29 is 52.9 Å². The summed E-state index contributed by atoms with van der Waals surface area (Å²) >= 11 is 13.8. The zero-order valence-electron chi connectivity index (χ0n) is 42.6. The number of carboxylic acid groups (broad SMARTS) is 2. The molecule has 9 rings (SSSR count). The standard InChI is InChI=1S/C60H47Cl2N5O12.CH4/c1-5-6-22-77-23-21-64-57(71)33-11-15-37(59(73)74)42(24-33)50-38-18-14-36(68)27-49(38)79-55-41(50)19-20-46(69)44(55)30-66-56(70)32-9-7-31(8-10-32)29-65-58(72)43-28-45(61)52(53(54(43)62)60(75)76)51-39-16-12-34(63-2)25-47(39)78-48-26-35(67(3)4)13-17-40(48)51;/h7-20,24-28,69H,21-23,29-30H2,1-4H3,(H,64,71)(H,65,72)(H,66,70)(H,73,74)(H,75,76);1H4/p-2. The summed E-state index contributed by atoms with van der Waals surface area (Å²) in [5.74, 6) is 0.489. The normalized spacial score (nSPS) is 11.2. The van der Waals surface area contributed by atoms with E-state index in [1.807, 2.05) is 25.1 Å². The Morgan fingerprint density at radius 3 is 2.12 bits per heavy atom. The van der Waals surface area contributed by atoms with Crippen molar-refractivity contribution in [1.82, 2.24) is 16.0 Å². The van der Waals surface area contributed by atoms with Crippen LogP contribution in [-0.4, -0.2) is 75.7 Å². The fourth-order valence-electron chi connectivity index (χ4n) is 9.15. The van der Waals surface area contributed by atoms with E-state index in [2.05, 4.69) is 32.8 Å². The number of anilines is 1. The Morgan fingerprint density at radius 1 is 0.725 bits per heavy atom. The van der Waals surface area contributed by atoms with Gasteiger partial charge in [-0.1, -0.05) is 60.8 Å². The van der Waals surface area contributed by atoms with Crippen molar-refractivity contribution >= 4 is 80.5 Å². The van der Waals surface area contributed by atoms with Crippen LogP contribution in [0.25, 0.3) is 66.8 Å². The van der Waals surface area contributed by atoms with Gasteiger partial charge < -0.3 is 54.5 Å². The maximum absolute atomic E-state index is 13.8. The first kappa shape index (κ1) is 56.7. The van der Waals surface area contributed by atoms with E-state index in [0.29, 0.717) is 44.3 Å². The van der Waals surface area contributed by atoms with Crippen LogP contribution in [0, 0.1) is 11.8 Å². The molecule has 0 aromatic heterocycles. The average molecular weight is 1110 g/mol. The van der Waals surface area contributed by atoms with Crippen LogP contribution in [0.4, 0.5) is 5.69 Å². The van der Waals surface area contributed by atoms with Gasteiger partial charge in [0.05, 0.1) is 39.1 Å². The molecular formula is C61H49Cl2N5O12-2. The summed E-state index contributed by atoms with van der Waals surface area (Å²) in [4.78, 5) is 85.4. The molecule has 0 radical (unpaired) electrons. The monoisotopic (exact) mass is 1110 g/mol. The van der Waals surface area contributed by atoms with Gasteiger partial charge in [-0.3, -0.25) is 24.2 Å². The first-order valence-electron chi connectivity index (χ1n) is 24.3. The summed E-state index contributed by atoms with van der Waals surface area (Å²) in [5, 5.41) is 46.1. The number of nitrogens with zero attached hydrogens (tertiary/aromatic N) is 2. The topological polar surface area (TPSA) is 256 Å². The predicted molar refractivity (Wildman–Crippen MR) is 301 cm³/mol. The van der Waals surface area contributed by atoms with Gasteiger partial charge in [0.15, 0.2) is 5.43 Å². The van der Waals surface area contributed by atoms with E-state index in [0.717, 1.165) is 5.69 Å². The number of amides is 3. The van der Waals surface area contributed by atoms with Crippen LogP contribution in [0.15, 0.2) is 134 Å². The van der Waals surface area contributed by atoms with Gasteiger partial charge in [0.1, 0.15) is 29.3 Å². The number of halogens is 2. The van der Waals surface area contributed by atoms with Crippen molar-refractivity contribution in [2.24, 2.45) is 4.99 Å². The smallest absolute Gasteiger partial charge is 0.336 e. The number of nitrogens with one attached hydrogen (secondary N) is 3. The molecule has 0 spiro atoms. The van der Waals surface area contributed by atoms with Crippen molar-refractivity contribution in [2.45, 2.75) is 27.4 Å². The average Bonchev–Trinajstić information content (AvgIpc) is 3.45. The Kier molecular flexibility index (Phi) is 17.1. The lowest BCUT2D eigenvalue weighted by atomic mass is 9.88. The van der Waals surface area contributed by atoms with Crippen LogP contribution in [0.2, 0.25) is 10.0 Å². The maximum atomic E-state index is 13.8. The quantitative estimate of drug-likeness (QED) is 0.0403. The summed E-state index contributed by atoms with van der Waals surface area (Å²) in [6, 6.07) is 28.7. The van der Waals surface area contributed by atoms with Gasteiger partial charge >= 0.3 is 5.97 Å². The van der Waals surface area contributed by atoms with E-state index in [1.165, 1.54) is 66.7 Å². The molecule has 19 heteroatoms. The Hall–Kier alpha value is -9.47. The van der Waals surface area contributed by atoms with E-state index < -0.39 is 51.4 Å². The lowest BCUT2D eigenvalue weighted by Gasteiger charge is -2.22. The third-order valence-corrected chi connectivity index (χ3v) is 13.7. The molecule has 0 unspecified atom stereocenters. The van der Waals surface area contributed by atoms with Crippen LogP contribution < -0.4 is 41.8 Å². The minimum atomic E-state index is -1.68. The molecule has 0 bridgehead atoms. The summed E-state index contributed by atoms with van der Waals surface area (Å²) in [6.45, 7) is 1.73. The fraction of sp³-hybridized carbons (Fsp3) is 0.164. The number of carbonyl (C=O) groups excluding carboxylic acids is 4. The molecule has 0 fully saturated rings. The molecule has 2 heterocycles. The molecule has 406 valence electrons. The molecule has 0 saturated heterocycles. The molecule has 0 atom stereocenters. The number of hydrogen-bond donors (Lipinski definition) is 4. The highest BCUT2D eigenvalue weighted by molar-refractivity contribution is 6.41. The SMILES string of the molecule is C.CC#CCOCCNC(=O)c1ccc(C(=O)O)c(-c2c3ccc(=O)cc-3oc3c(CNC(=O)c4ccc(CNC(=O)c5cc(Cl)c(-c6c7ccc(=NC)cc-7oc7cc(N(C)C)ccc67)c(C(=O)[O-])c5Cl)cc4)c([O-])ccc23)c1. The first-order chi connectivity index (χ1) is 38.0. The molecule has 2 aliphatic heterocycles. The highest BCUT2D eigenvalue weighted by Crippen LogP contribution is 2.47. The maximum Gasteiger partial charge on any atom is 0.336 e. The number of rotatable bonds is 16. The minimum absolute atomic E-state index is 0. The third-order valence-electron chi connectivity index (χ3n) is 13.1. The molecular weight excluding hydrogens is 1070 g/mol. The third kappa shape index (κ3) is 11.4. The molecule has 0 saturated carbocycles. The van der Waals surface area contributed by atoms with Gasteiger partial charge in [0.2, 0.25) is 0 Å². The summed E-state index contributed by atoms with van der Waals surface area (Å²) in [7, 11) is 5.36. The molecule has 4 aliphatic rings. The van der Waals surface area contributed by atoms with Crippen LogP contribution in [-0.2, 0) is 17.8 Å². The van der Waals surface area contributed by atoms with E-state index in [1.54, 1.807) is 56.4 Å². The van der Waals surface area contributed by atoms with E-state index in [-0.39, 0.29) is 107 Å². The van der Waals surface area contributed by atoms with Gasteiger partial charge in [-0.2, -0.15) is 0 Å². The van der Waals surface area contributed by atoms with Gasteiger partial charge in [-0.25, -0.2) is 4.79 Å². The molecule has 80 heavy (non-hydrogen) atoms. The number of aromatic carboxylic acids is 2. The van der Waals surface area contributed by atoms with E-state index >= 15 is 0 Å². The summed E-state index contributed by atoms with van der Waals surface area (Å²) < 4.78 is 17.9. The number of benzene rings is 7. The zero-order chi connectivity index (χ0) is 56.2. The fourth-order valence-corrected chi connectivity index (χ4v) is 9.76. The number of carboxylic acids is 2. The second-order valence-corrected chi connectivity index (χ2v) is 18.9. The summed E-state index contributed by atoms with van der Waals surface area (Å²) in [5.41, 5.74) is 2.24. The van der Waals surface area contributed by atoms with Gasteiger partial charge in [-0.15, -0.1) is 11.7 Å². The lowest BCUT2D eigenvalue weighted by Crippen LogP contribution is -2.27. The minimum Gasteiger partial charge on any atom is -0.872 e. The van der Waals surface area contributed by atoms with Crippen molar-refractivity contribution in [3.8, 4) is 62.5 Å². The zero-order valence-corrected chi connectivity index (χ0v) is 44.1. The summed E-state index contributed by atoms with van der Waals surface area (Å²) in [6.07, 6.45) is 0. The van der Waals surface area contributed by atoms with Gasteiger partial charge in [0.25, 0.3) is 17.7 Å². The molecule has 5 aromatic carbocycles. The Morgan fingerprint density at radius 2 is 1.41 bits per heavy atom. The Bertz CT molecular complexity index is 4100. The number of ether oxygens (including phenoxy) is 1. The predicted octanol–water partition coefficient (Wildman–Crippen LogP) is 8.39. The van der Waals surface area contributed by atoms with Crippen LogP contribution in [0.5, 0.6) is 5.75 Å². The lowest BCUT2D eigenvalue weighted by molar-refractivity contribution is -0.269. The highest BCUT2D eigenvalue weighted by Gasteiger charge is 2.28. The number of carbonyl (C=O) groups is 5. The molecule has 3 amide bonds. The molecule has 17 nitrogen and oxygen atoms in total. The number of fused-ring (bicyclic) bond motifs is 4. The van der Waals surface area contributed by atoms with Gasteiger partial charge in [0, 0.05) is 126 Å². The van der Waals surface area contributed by atoms with Crippen molar-refractivity contribution in [3.63, 3.8) is 0 Å². The van der Waals surface area contributed by atoms with Crippen molar-refractivity contribution in [1.29, 1.82) is 0 Å². The van der Waals surface area contributed by atoms with Crippen LogP contribution in [0.3, 0.4) is 0 Å². The molecule has 2 aliphatic carbocycles. The largest absolute Gasteiger partial charge is 0.872 e. The molecule has 5 aromatic rings. The Balaban J connectivity index is 0.00000841. The van der Waals surface area contributed by atoms with Gasteiger partial charge in [-0.05, 0) is 90.8 Å². The number of hydrogen-bond acceptors (Lipinski definition) is 13. The Labute approximate surface area is 467 Å². The van der Waals surface area contributed by atoms with Crippen LogP contribution in [0.1, 0.15) is 77.3 Å². The van der Waals surface area contributed by atoms with E-state index in [9.17, 15) is 44.1 Å². The highest BCUT2D eigenvalue weighted by atomic mass is 35.5. The second kappa shape index (κ2) is 24.0. The van der Waals surface area contributed by atoms with Crippen molar-refractivity contribution in [3.05, 3.63) is 180 Å².